The number of hydrogen-bond donors (Lipinski definition) is 1. The summed E-state index contributed by atoms with van der Waals surface area (Å²) in [4.78, 5) is 5.67. The summed E-state index contributed by atoms with van der Waals surface area (Å²) in [6.45, 7) is 0.854. The van der Waals surface area contributed by atoms with Crippen LogP contribution < -0.4 is 5.32 Å². The van der Waals surface area contributed by atoms with Crippen LogP contribution >= 0.6 is 11.3 Å². The molecule has 3 nitrogen and oxygen atoms in total. The van der Waals surface area contributed by atoms with Crippen LogP contribution in [0.3, 0.4) is 0 Å². The summed E-state index contributed by atoms with van der Waals surface area (Å²) in [6.07, 6.45) is 3.81. The Morgan fingerprint density at radius 2 is 2.00 bits per heavy atom. The zero-order chi connectivity index (χ0) is 12.2. The van der Waals surface area contributed by atoms with Crippen molar-refractivity contribution in [3.8, 4) is 0 Å². The molecule has 0 aliphatic heterocycles. The summed E-state index contributed by atoms with van der Waals surface area (Å²) in [7, 11) is 0. The zero-order valence-corrected chi connectivity index (χ0v) is 10.6. The Morgan fingerprint density at radius 1 is 1.11 bits per heavy atom. The Morgan fingerprint density at radius 3 is 2.78 bits per heavy atom. The molecule has 18 heavy (non-hydrogen) atoms. The monoisotopic (exact) mass is 255 g/mol. The number of hydrogen-bond acceptors (Lipinski definition) is 3. The van der Waals surface area contributed by atoms with Gasteiger partial charge in [0.25, 0.3) is 0 Å². The number of para-hydroxylation sites is 1. The topological polar surface area (TPSA) is 29.9 Å². The number of nitrogens with one attached hydrogen (secondary N) is 1. The standard InChI is InChI=1S/C14H13N3S/c1-2-5-12(6-3-1)16-14-15-8-9-17(14)11-13-7-4-10-18-13/h1-10H,11H2,(H,15,16). The molecule has 1 N–H and O–H groups in total. The highest BCUT2D eigenvalue weighted by atomic mass is 32.1. The molecule has 2 aromatic heterocycles. The molecular weight excluding hydrogens is 242 g/mol. The Kier molecular flexibility index (Phi) is 3.10. The van der Waals surface area contributed by atoms with Crippen LogP contribution in [0.2, 0.25) is 0 Å². The highest BCUT2D eigenvalue weighted by Gasteiger charge is 2.04. The first kappa shape index (κ1) is 11.0. The number of aromatic nitrogens is 2. The average molecular weight is 255 g/mol. The second-order valence-corrected chi connectivity index (χ2v) is 4.98. The fourth-order valence-electron chi connectivity index (χ4n) is 1.78. The van der Waals surface area contributed by atoms with Gasteiger partial charge < -0.3 is 9.88 Å². The van der Waals surface area contributed by atoms with Crippen molar-refractivity contribution >= 4 is 23.0 Å². The van der Waals surface area contributed by atoms with Gasteiger partial charge in [-0.15, -0.1) is 11.3 Å². The highest BCUT2D eigenvalue weighted by Crippen LogP contribution is 2.17. The van der Waals surface area contributed by atoms with E-state index in [1.165, 1.54) is 4.88 Å². The summed E-state index contributed by atoms with van der Waals surface area (Å²) in [6, 6.07) is 14.3. The number of rotatable bonds is 4. The van der Waals surface area contributed by atoms with Crippen molar-refractivity contribution in [3.05, 3.63) is 65.1 Å². The van der Waals surface area contributed by atoms with E-state index in [1.54, 1.807) is 11.3 Å². The van der Waals surface area contributed by atoms with Crippen molar-refractivity contribution in [2.45, 2.75) is 6.54 Å². The van der Waals surface area contributed by atoms with Crippen LogP contribution in [0.25, 0.3) is 0 Å². The van der Waals surface area contributed by atoms with Crippen LogP contribution in [-0.4, -0.2) is 9.55 Å². The van der Waals surface area contributed by atoms with E-state index in [2.05, 4.69) is 32.4 Å². The molecule has 0 atom stereocenters. The molecule has 0 fully saturated rings. The SMILES string of the molecule is c1ccc(Nc2nccn2Cc2cccs2)cc1. The molecule has 0 saturated heterocycles. The molecule has 0 radical (unpaired) electrons. The Balaban J connectivity index is 1.79. The van der Waals surface area contributed by atoms with E-state index in [1.807, 2.05) is 42.7 Å². The maximum Gasteiger partial charge on any atom is 0.207 e. The lowest BCUT2D eigenvalue weighted by Gasteiger charge is -2.08. The zero-order valence-electron chi connectivity index (χ0n) is 9.78. The van der Waals surface area contributed by atoms with Crippen molar-refractivity contribution in [1.82, 2.24) is 9.55 Å². The van der Waals surface area contributed by atoms with Crippen molar-refractivity contribution in [3.63, 3.8) is 0 Å². The van der Waals surface area contributed by atoms with E-state index in [-0.39, 0.29) is 0 Å². The van der Waals surface area contributed by atoms with Gasteiger partial charge in [-0.2, -0.15) is 0 Å². The lowest BCUT2D eigenvalue weighted by Crippen LogP contribution is -2.03. The van der Waals surface area contributed by atoms with Gasteiger partial charge in [-0.1, -0.05) is 24.3 Å². The van der Waals surface area contributed by atoms with E-state index < -0.39 is 0 Å². The molecule has 0 aliphatic rings. The van der Waals surface area contributed by atoms with Crippen LogP contribution in [0.15, 0.2) is 60.2 Å². The summed E-state index contributed by atoms with van der Waals surface area (Å²) >= 11 is 1.76. The van der Waals surface area contributed by atoms with Crippen molar-refractivity contribution in [1.29, 1.82) is 0 Å². The van der Waals surface area contributed by atoms with Gasteiger partial charge >= 0.3 is 0 Å². The van der Waals surface area contributed by atoms with Gasteiger partial charge in [-0.05, 0) is 23.6 Å². The number of nitrogens with zero attached hydrogens (tertiary/aromatic N) is 2. The van der Waals surface area contributed by atoms with Crippen molar-refractivity contribution < 1.29 is 0 Å². The lowest BCUT2D eigenvalue weighted by molar-refractivity contribution is 0.821. The second-order valence-electron chi connectivity index (χ2n) is 3.95. The van der Waals surface area contributed by atoms with Crippen LogP contribution in [0.5, 0.6) is 0 Å². The van der Waals surface area contributed by atoms with Gasteiger partial charge in [0.05, 0.1) is 6.54 Å². The largest absolute Gasteiger partial charge is 0.326 e. The molecule has 3 aromatic rings. The molecule has 90 valence electrons. The van der Waals surface area contributed by atoms with Gasteiger partial charge in [0.1, 0.15) is 0 Å². The Labute approximate surface area is 110 Å². The lowest BCUT2D eigenvalue weighted by atomic mass is 10.3. The first-order chi connectivity index (χ1) is 8.92. The number of anilines is 2. The van der Waals surface area contributed by atoms with E-state index in [0.717, 1.165) is 18.2 Å². The van der Waals surface area contributed by atoms with Crippen LogP contribution in [-0.2, 0) is 6.54 Å². The molecule has 0 aliphatic carbocycles. The highest BCUT2D eigenvalue weighted by molar-refractivity contribution is 7.09. The van der Waals surface area contributed by atoms with Gasteiger partial charge in [0.15, 0.2) is 0 Å². The predicted molar refractivity (Wildman–Crippen MR) is 75.4 cm³/mol. The molecule has 3 rings (SSSR count). The second kappa shape index (κ2) is 5.06. The Bertz CT molecular complexity index is 599. The Hall–Kier alpha value is -2.07. The van der Waals surface area contributed by atoms with Crippen molar-refractivity contribution in [2.75, 3.05) is 5.32 Å². The molecule has 0 spiro atoms. The first-order valence-electron chi connectivity index (χ1n) is 5.77. The summed E-state index contributed by atoms with van der Waals surface area (Å²) in [5.74, 6) is 0.870. The molecule has 0 amide bonds. The minimum absolute atomic E-state index is 0.854. The first-order valence-corrected chi connectivity index (χ1v) is 6.65. The van der Waals surface area contributed by atoms with Gasteiger partial charge in [0.2, 0.25) is 5.95 Å². The van der Waals surface area contributed by atoms with E-state index in [0.29, 0.717) is 0 Å². The maximum absolute atomic E-state index is 4.35. The minimum Gasteiger partial charge on any atom is -0.326 e. The fourth-order valence-corrected chi connectivity index (χ4v) is 2.48. The molecule has 4 heteroatoms. The normalized spacial score (nSPS) is 10.4. The van der Waals surface area contributed by atoms with Crippen LogP contribution in [0.1, 0.15) is 4.88 Å². The number of imidazole rings is 1. The van der Waals surface area contributed by atoms with E-state index >= 15 is 0 Å². The van der Waals surface area contributed by atoms with Gasteiger partial charge in [-0.25, -0.2) is 4.98 Å². The summed E-state index contributed by atoms with van der Waals surface area (Å²) in [5.41, 5.74) is 1.05. The number of benzene rings is 1. The fraction of sp³-hybridized carbons (Fsp3) is 0.0714. The number of thiophene rings is 1. The quantitative estimate of drug-likeness (QED) is 0.769. The van der Waals surface area contributed by atoms with E-state index in [4.69, 9.17) is 0 Å². The molecule has 0 saturated carbocycles. The van der Waals surface area contributed by atoms with Crippen LogP contribution in [0, 0.1) is 0 Å². The van der Waals surface area contributed by atoms with E-state index in [9.17, 15) is 0 Å². The molecule has 2 heterocycles. The molecular formula is C14H13N3S. The third-order valence-corrected chi connectivity index (χ3v) is 3.51. The molecule has 0 bridgehead atoms. The summed E-state index contributed by atoms with van der Waals surface area (Å²) < 4.78 is 2.11. The van der Waals surface area contributed by atoms with Gasteiger partial charge in [-0.3, -0.25) is 0 Å². The third kappa shape index (κ3) is 2.43. The van der Waals surface area contributed by atoms with Gasteiger partial charge in [0, 0.05) is 23.0 Å². The van der Waals surface area contributed by atoms with Crippen molar-refractivity contribution in [2.24, 2.45) is 0 Å². The third-order valence-electron chi connectivity index (χ3n) is 2.65. The average Bonchev–Trinajstić information content (AvgIpc) is 3.04. The minimum atomic E-state index is 0.854. The maximum atomic E-state index is 4.35. The predicted octanol–water partition coefficient (Wildman–Crippen LogP) is 3.74. The van der Waals surface area contributed by atoms with Crippen LogP contribution in [0.4, 0.5) is 11.6 Å². The molecule has 1 aromatic carbocycles. The smallest absolute Gasteiger partial charge is 0.207 e. The molecule has 0 unspecified atom stereocenters. The summed E-state index contributed by atoms with van der Waals surface area (Å²) in [5, 5.41) is 5.42.